The van der Waals surface area contributed by atoms with Gasteiger partial charge in [0.2, 0.25) is 0 Å². The number of nitrogens with zero attached hydrogens (tertiary/aromatic N) is 2. The lowest BCUT2D eigenvalue weighted by molar-refractivity contribution is 0.913. The van der Waals surface area contributed by atoms with Crippen LogP contribution in [0.15, 0.2) is 139 Å². The number of hydrogen-bond acceptors (Lipinski definition) is 1. The average Bonchev–Trinajstić information content (AvgIpc) is 3.56. The molecule has 0 bridgehead atoms. The molecule has 8 rings (SSSR count). The molecule has 0 radical (unpaired) electrons. The molecule has 0 saturated carbocycles. The summed E-state index contributed by atoms with van der Waals surface area (Å²) in [6.07, 6.45) is -2.88. The Morgan fingerprint density at radius 1 is 0.634 bits per heavy atom. The Labute approximate surface area is 257 Å². The Balaban J connectivity index is 1.61. The summed E-state index contributed by atoms with van der Waals surface area (Å²) in [7, 11) is 0. The summed E-state index contributed by atoms with van der Waals surface area (Å²) < 4.78 is 115. The van der Waals surface area contributed by atoms with E-state index in [4.69, 9.17) is 12.3 Å². The van der Waals surface area contributed by atoms with E-state index in [0.717, 1.165) is 0 Å². The predicted octanol–water partition coefficient (Wildman–Crippen LogP) is 10.4. The van der Waals surface area contributed by atoms with Crippen LogP contribution < -0.4 is 0 Å². The van der Waals surface area contributed by atoms with E-state index in [0.29, 0.717) is 38.6 Å². The largest absolute Gasteiger partial charge is 0.296 e. The van der Waals surface area contributed by atoms with E-state index in [1.54, 1.807) is 91.0 Å². The predicted molar refractivity (Wildman–Crippen MR) is 174 cm³/mol. The number of imidazole rings is 1. The summed E-state index contributed by atoms with van der Waals surface area (Å²) in [5.74, 6) is -0.340. The minimum atomic E-state index is -3.08. The van der Waals surface area contributed by atoms with E-state index < -0.39 is 49.5 Å². The molecule has 0 saturated heterocycles. The van der Waals surface area contributed by atoms with Crippen molar-refractivity contribution in [2.45, 2.75) is 13.2 Å². The number of rotatable bonds is 4. The van der Waals surface area contributed by atoms with Crippen LogP contribution in [0, 0.1) is 0 Å². The molecule has 1 aromatic heterocycles. The van der Waals surface area contributed by atoms with Crippen LogP contribution in [0.3, 0.4) is 0 Å². The van der Waals surface area contributed by atoms with Gasteiger partial charge in [-0.3, -0.25) is 4.57 Å². The summed E-state index contributed by atoms with van der Waals surface area (Å²) >= 11 is 0. The fourth-order valence-electron chi connectivity index (χ4n) is 5.84. The highest BCUT2D eigenvalue weighted by Crippen LogP contribution is 2.46. The Bertz CT molecular complexity index is 2800. The minimum Gasteiger partial charge on any atom is -0.296 e. The fourth-order valence-corrected chi connectivity index (χ4v) is 5.84. The quantitative estimate of drug-likeness (QED) is 0.204. The number of aryl methyl sites for hydroxylation is 1. The highest BCUT2D eigenvalue weighted by molar-refractivity contribution is 6.23. The molecule has 0 N–H and O–H groups in total. The molecule has 194 valence electrons. The minimum absolute atomic E-state index is 0.0581. The summed E-state index contributed by atoms with van der Waals surface area (Å²) in [6, 6.07) is 22.3. The van der Waals surface area contributed by atoms with Crippen LogP contribution in [-0.2, 0) is 6.37 Å². The maximum Gasteiger partial charge on any atom is 0.114 e. The molecular weight excluding hydrogens is 496 g/mol. The highest BCUT2D eigenvalue weighted by Gasteiger charge is 2.20. The zero-order valence-corrected chi connectivity index (χ0v) is 21.6. The third-order valence-electron chi connectivity index (χ3n) is 7.52. The molecule has 0 atom stereocenters. The van der Waals surface area contributed by atoms with E-state index in [1.165, 1.54) is 4.57 Å². The first-order valence-corrected chi connectivity index (χ1v) is 13.1. The molecular formula is C39H28N2. The molecule has 7 aromatic carbocycles. The Morgan fingerprint density at radius 2 is 1.24 bits per heavy atom. The van der Waals surface area contributed by atoms with Crippen LogP contribution in [0.5, 0.6) is 0 Å². The lowest BCUT2D eigenvalue weighted by atomic mass is 9.84. The van der Waals surface area contributed by atoms with Crippen LogP contribution in [0.4, 0.5) is 0 Å². The summed E-state index contributed by atoms with van der Waals surface area (Å²) in [6.45, 7) is -3.08. The Hall–Kier alpha value is -5.21. The van der Waals surface area contributed by atoms with Gasteiger partial charge in [-0.2, -0.15) is 0 Å². The monoisotopic (exact) mass is 537 g/mol. The van der Waals surface area contributed by atoms with Crippen molar-refractivity contribution < 1.29 is 17.8 Å². The van der Waals surface area contributed by atoms with E-state index in [-0.39, 0.29) is 50.6 Å². The van der Waals surface area contributed by atoms with Gasteiger partial charge in [-0.15, -0.1) is 0 Å². The third kappa shape index (κ3) is 3.61. The van der Waals surface area contributed by atoms with Crippen LogP contribution in [0.1, 0.15) is 30.5 Å². The smallest absolute Gasteiger partial charge is 0.114 e. The lowest BCUT2D eigenvalue weighted by Crippen LogP contribution is -2.01. The molecule has 0 aliphatic carbocycles. The summed E-state index contributed by atoms with van der Waals surface area (Å²) in [5, 5.41) is 1.27. The van der Waals surface area contributed by atoms with Gasteiger partial charge in [-0.1, -0.05) is 128 Å². The second kappa shape index (κ2) is 9.46. The average molecular weight is 538 g/mol. The molecule has 0 spiro atoms. The first kappa shape index (κ1) is 13.9. The van der Waals surface area contributed by atoms with E-state index >= 15 is 0 Å². The van der Waals surface area contributed by atoms with E-state index in [9.17, 15) is 5.48 Å². The van der Waals surface area contributed by atoms with Crippen molar-refractivity contribution in [1.29, 1.82) is 0 Å². The fraction of sp³-hybridized carbons (Fsp3) is 0.0513. The molecule has 0 amide bonds. The molecule has 2 nitrogen and oxygen atoms in total. The van der Waals surface area contributed by atoms with E-state index in [2.05, 4.69) is 4.98 Å². The molecule has 41 heavy (non-hydrogen) atoms. The topological polar surface area (TPSA) is 17.8 Å². The summed E-state index contributed by atoms with van der Waals surface area (Å²) in [4.78, 5) is 4.47. The second-order valence-corrected chi connectivity index (χ2v) is 9.68. The normalized spacial score (nSPS) is 16.8. The van der Waals surface area contributed by atoms with Gasteiger partial charge in [0.25, 0.3) is 0 Å². The number of fused-ring (bicyclic) bond motifs is 4. The molecule has 0 aliphatic rings. The molecule has 0 unspecified atom stereocenters. The maximum atomic E-state index is 9.29. The molecule has 0 fully saturated rings. The van der Waals surface area contributed by atoms with Gasteiger partial charge in [0.05, 0.1) is 27.7 Å². The molecule has 8 aromatic rings. The molecule has 2 heteroatoms. The van der Waals surface area contributed by atoms with Crippen LogP contribution in [0.25, 0.3) is 71.3 Å². The van der Waals surface area contributed by atoms with Gasteiger partial charge in [0, 0.05) is 18.6 Å². The Kier molecular flexibility index (Phi) is 3.21. The summed E-state index contributed by atoms with van der Waals surface area (Å²) in [5.41, 5.74) is 2.48. The van der Waals surface area contributed by atoms with Crippen LogP contribution >= 0.6 is 0 Å². The van der Waals surface area contributed by atoms with Crippen molar-refractivity contribution in [2.75, 3.05) is 0 Å². The van der Waals surface area contributed by atoms with Crippen molar-refractivity contribution >= 4 is 43.4 Å². The number of hydrogen-bond donors (Lipinski definition) is 0. The molecule has 1 heterocycles. The zero-order chi connectivity index (χ0) is 38.6. The van der Waals surface area contributed by atoms with Crippen molar-refractivity contribution in [3.05, 3.63) is 145 Å². The van der Waals surface area contributed by atoms with Crippen LogP contribution in [0.2, 0.25) is 0 Å². The van der Waals surface area contributed by atoms with Gasteiger partial charge in [-0.25, -0.2) is 4.98 Å². The van der Waals surface area contributed by atoms with Gasteiger partial charge >= 0.3 is 0 Å². The standard InChI is InChI=1S/C39H28N2/c1-2-37-40-34-22-12-13-23-36(34)41(37)35-25-24-33(27-16-6-7-17-28(27)35)39-31-20-10-8-18-29(31)38(26-14-4-3-5-15-26)30-19-9-11-21-32(30)39/h3-25H,2H2,1H3/i1D3,2D2,8D,9D,10D,11D,18D,19D,20D,21D. The lowest BCUT2D eigenvalue weighted by Gasteiger charge is -2.20. The van der Waals surface area contributed by atoms with Crippen molar-refractivity contribution in [3.63, 3.8) is 0 Å². The van der Waals surface area contributed by atoms with Gasteiger partial charge < -0.3 is 0 Å². The first-order valence-electron chi connectivity index (χ1n) is 19.6. The number of benzene rings is 7. The zero-order valence-electron chi connectivity index (χ0n) is 34.6. The van der Waals surface area contributed by atoms with Gasteiger partial charge in [-0.05, 0) is 67.4 Å². The first-order chi connectivity index (χ1) is 25.6. The van der Waals surface area contributed by atoms with Gasteiger partial charge in [0.1, 0.15) is 5.82 Å². The number of aromatic nitrogens is 2. The van der Waals surface area contributed by atoms with Gasteiger partial charge in [0.15, 0.2) is 0 Å². The Morgan fingerprint density at radius 3 is 1.95 bits per heavy atom. The van der Waals surface area contributed by atoms with Crippen molar-refractivity contribution in [3.8, 4) is 27.9 Å². The molecule has 0 aliphatic heterocycles. The van der Waals surface area contributed by atoms with E-state index in [1.807, 2.05) is 0 Å². The van der Waals surface area contributed by atoms with Crippen LogP contribution in [-0.4, -0.2) is 9.55 Å². The third-order valence-corrected chi connectivity index (χ3v) is 7.52. The van der Waals surface area contributed by atoms with Crippen molar-refractivity contribution in [1.82, 2.24) is 9.55 Å². The number of para-hydroxylation sites is 2. The highest BCUT2D eigenvalue weighted by atomic mass is 15.1. The van der Waals surface area contributed by atoms with Crippen molar-refractivity contribution in [2.24, 2.45) is 0 Å². The SMILES string of the molecule is [2H]c1c([2H])c([2H])c2c(-c3ccc(-n4c(C([2H])([2H])C([2H])([2H])[2H])nc5ccccc54)c4ccccc34)c3c([2H])c([2H])c([2H])c([2H])c3c(-c3ccccc3)c2c1[2H]. The second-order valence-electron chi connectivity index (χ2n) is 9.68. The maximum absolute atomic E-state index is 9.29.